The Morgan fingerprint density at radius 1 is 1.53 bits per heavy atom. The van der Waals surface area contributed by atoms with Crippen LogP contribution in [0.4, 0.5) is 5.95 Å². The Labute approximate surface area is 89.5 Å². The quantitative estimate of drug-likeness (QED) is 0.585. The average Bonchev–Trinajstić information content (AvgIpc) is 2.09. The SMILES string of the molecule is Cc1cc(OCC(C)(C)C)nc(N)[n+]1[O-]. The highest BCUT2D eigenvalue weighted by Crippen LogP contribution is 2.16. The number of aromatic nitrogens is 2. The van der Waals surface area contributed by atoms with Crippen molar-refractivity contribution in [2.45, 2.75) is 27.7 Å². The predicted molar refractivity (Wildman–Crippen MR) is 57.3 cm³/mol. The predicted octanol–water partition coefficient (Wildman–Crippen LogP) is 1.03. The number of aryl methyl sites for hydroxylation is 1. The standard InChI is InChI=1S/C10H17N3O2/c1-7-5-8(12-9(11)13(7)14)15-6-10(2,3)4/h5H,6H2,1-4H3,(H2,11,12). The van der Waals surface area contributed by atoms with Crippen LogP contribution in [0.1, 0.15) is 26.5 Å². The maximum Gasteiger partial charge on any atom is 0.393 e. The second kappa shape index (κ2) is 3.92. The van der Waals surface area contributed by atoms with Crippen LogP contribution in [0.3, 0.4) is 0 Å². The summed E-state index contributed by atoms with van der Waals surface area (Å²) in [6.45, 7) is 8.36. The molecular weight excluding hydrogens is 194 g/mol. The van der Waals surface area contributed by atoms with Crippen LogP contribution in [0.5, 0.6) is 5.88 Å². The van der Waals surface area contributed by atoms with E-state index in [1.807, 2.05) is 0 Å². The lowest BCUT2D eigenvalue weighted by Crippen LogP contribution is -2.35. The van der Waals surface area contributed by atoms with Gasteiger partial charge in [-0.2, -0.15) is 0 Å². The minimum Gasteiger partial charge on any atom is -0.740 e. The van der Waals surface area contributed by atoms with Gasteiger partial charge in [0.1, 0.15) is 0 Å². The van der Waals surface area contributed by atoms with E-state index in [1.54, 1.807) is 13.0 Å². The molecule has 0 aliphatic carbocycles. The molecule has 2 N–H and O–H groups in total. The molecular formula is C10H17N3O2. The number of hydrogen-bond donors (Lipinski definition) is 1. The van der Waals surface area contributed by atoms with Gasteiger partial charge >= 0.3 is 5.95 Å². The summed E-state index contributed by atoms with van der Waals surface area (Å²) in [6.07, 6.45) is 0. The van der Waals surface area contributed by atoms with E-state index in [9.17, 15) is 5.21 Å². The van der Waals surface area contributed by atoms with E-state index in [1.165, 1.54) is 0 Å². The van der Waals surface area contributed by atoms with Gasteiger partial charge in [0.2, 0.25) is 0 Å². The first-order chi connectivity index (χ1) is 6.79. The van der Waals surface area contributed by atoms with Gasteiger partial charge in [0, 0.05) is 0 Å². The molecule has 0 spiro atoms. The Hall–Kier alpha value is -1.52. The molecule has 1 aromatic heterocycles. The second-order valence-electron chi connectivity index (χ2n) is 4.74. The minimum atomic E-state index is -0.0843. The number of hydrogen-bond acceptors (Lipinski definition) is 4. The normalized spacial score (nSPS) is 11.5. The minimum absolute atomic E-state index is 0.0492. The third-order valence-corrected chi connectivity index (χ3v) is 1.74. The molecule has 5 heteroatoms. The molecule has 0 bridgehead atoms. The fourth-order valence-corrected chi connectivity index (χ4v) is 0.973. The molecule has 1 heterocycles. The molecule has 0 radical (unpaired) electrons. The van der Waals surface area contributed by atoms with Gasteiger partial charge in [-0.3, -0.25) is 5.73 Å². The van der Waals surface area contributed by atoms with Crippen LogP contribution in [-0.4, -0.2) is 11.6 Å². The zero-order chi connectivity index (χ0) is 11.6. The van der Waals surface area contributed by atoms with Crippen LogP contribution in [0, 0.1) is 17.5 Å². The largest absolute Gasteiger partial charge is 0.740 e. The zero-order valence-electron chi connectivity index (χ0n) is 9.57. The Morgan fingerprint density at radius 2 is 2.13 bits per heavy atom. The molecule has 1 rings (SSSR count). The first kappa shape index (κ1) is 11.6. The number of nitrogen functional groups attached to an aromatic ring is 1. The number of nitrogens with two attached hydrogens (primary N) is 1. The van der Waals surface area contributed by atoms with Crippen LogP contribution in [0.15, 0.2) is 6.07 Å². The Morgan fingerprint density at radius 3 is 2.60 bits per heavy atom. The molecule has 15 heavy (non-hydrogen) atoms. The van der Waals surface area contributed by atoms with Crippen LogP contribution < -0.4 is 15.2 Å². The third-order valence-electron chi connectivity index (χ3n) is 1.74. The maximum absolute atomic E-state index is 11.2. The van der Waals surface area contributed by atoms with E-state index >= 15 is 0 Å². The topological polar surface area (TPSA) is 75.1 Å². The van der Waals surface area contributed by atoms with Crippen LogP contribution in [0.25, 0.3) is 0 Å². The molecule has 0 unspecified atom stereocenters. The van der Waals surface area contributed by atoms with Gasteiger partial charge < -0.3 is 9.94 Å². The number of anilines is 1. The molecule has 1 aromatic rings. The molecule has 5 nitrogen and oxygen atoms in total. The van der Waals surface area contributed by atoms with Crippen molar-refractivity contribution >= 4 is 5.95 Å². The van der Waals surface area contributed by atoms with Gasteiger partial charge in [0.05, 0.1) is 18.4 Å². The molecule has 0 aliphatic heterocycles. The van der Waals surface area contributed by atoms with Crippen molar-refractivity contribution in [3.05, 3.63) is 17.0 Å². The fraction of sp³-hybridized carbons (Fsp3) is 0.600. The molecule has 0 amide bonds. The van der Waals surface area contributed by atoms with Gasteiger partial charge in [-0.15, -0.1) is 0 Å². The van der Waals surface area contributed by atoms with E-state index in [4.69, 9.17) is 10.5 Å². The summed E-state index contributed by atoms with van der Waals surface area (Å²) >= 11 is 0. The van der Waals surface area contributed by atoms with Gasteiger partial charge in [0.15, 0.2) is 0 Å². The fourth-order valence-electron chi connectivity index (χ4n) is 0.973. The van der Waals surface area contributed by atoms with E-state index < -0.39 is 0 Å². The summed E-state index contributed by atoms with van der Waals surface area (Å²) in [5, 5.41) is 11.2. The molecule has 0 atom stereocenters. The summed E-state index contributed by atoms with van der Waals surface area (Å²) in [5.74, 6) is 0.311. The van der Waals surface area contributed by atoms with Gasteiger partial charge in [-0.1, -0.05) is 20.8 Å². The molecule has 0 saturated carbocycles. The summed E-state index contributed by atoms with van der Waals surface area (Å²) in [7, 11) is 0. The van der Waals surface area contributed by atoms with E-state index in [0.717, 1.165) is 0 Å². The van der Waals surface area contributed by atoms with Gasteiger partial charge in [-0.05, 0) is 17.3 Å². The van der Waals surface area contributed by atoms with Crippen molar-refractivity contribution in [3.63, 3.8) is 0 Å². The Kier molecular flexibility index (Phi) is 3.02. The summed E-state index contributed by atoms with van der Waals surface area (Å²) in [5.41, 5.74) is 5.95. The van der Waals surface area contributed by atoms with Gasteiger partial charge in [-0.25, -0.2) is 4.73 Å². The van der Waals surface area contributed by atoms with Crippen molar-refractivity contribution in [3.8, 4) is 5.88 Å². The molecule has 0 saturated heterocycles. The molecule has 0 aromatic carbocycles. The summed E-state index contributed by atoms with van der Waals surface area (Å²) < 4.78 is 6.02. The van der Waals surface area contributed by atoms with Crippen molar-refractivity contribution in [2.75, 3.05) is 12.3 Å². The highest BCUT2D eigenvalue weighted by molar-refractivity contribution is 5.19. The highest BCUT2D eigenvalue weighted by Gasteiger charge is 2.14. The van der Waals surface area contributed by atoms with Crippen LogP contribution in [0.2, 0.25) is 0 Å². The lowest BCUT2D eigenvalue weighted by Gasteiger charge is -2.18. The molecule has 84 valence electrons. The van der Waals surface area contributed by atoms with Crippen molar-refractivity contribution in [2.24, 2.45) is 5.41 Å². The average molecular weight is 211 g/mol. The number of nitrogens with zero attached hydrogens (tertiary/aromatic N) is 2. The van der Waals surface area contributed by atoms with Gasteiger partial charge in [0.25, 0.3) is 5.88 Å². The highest BCUT2D eigenvalue weighted by atomic mass is 16.5. The van der Waals surface area contributed by atoms with Crippen LogP contribution >= 0.6 is 0 Å². The lowest BCUT2D eigenvalue weighted by molar-refractivity contribution is -0.599. The lowest BCUT2D eigenvalue weighted by atomic mass is 9.99. The maximum atomic E-state index is 11.2. The Balaban J connectivity index is 2.80. The van der Waals surface area contributed by atoms with E-state index in [2.05, 4.69) is 25.8 Å². The Bertz CT molecular complexity index is 335. The molecule has 0 fully saturated rings. The first-order valence-corrected chi connectivity index (χ1v) is 4.79. The monoisotopic (exact) mass is 211 g/mol. The van der Waals surface area contributed by atoms with Crippen molar-refractivity contribution < 1.29 is 9.47 Å². The third kappa shape index (κ3) is 3.27. The first-order valence-electron chi connectivity index (χ1n) is 4.79. The van der Waals surface area contributed by atoms with Crippen LogP contribution in [-0.2, 0) is 0 Å². The van der Waals surface area contributed by atoms with E-state index in [0.29, 0.717) is 22.9 Å². The van der Waals surface area contributed by atoms with Crippen molar-refractivity contribution in [1.82, 2.24) is 4.98 Å². The number of rotatable bonds is 2. The van der Waals surface area contributed by atoms with E-state index in [-0.39, 0.29) is 11.4 Å². The second-order valence-corrected chi connectivity index (χ2v) is 4.74. The zero-order valence-corrected chi connectivity index (χ0v) is 9.57. The smallest absolute Gasteiger partial charge is 0.393 e. The summed E-state index contributed by atoms with van der Waals surface area (Å²) in [4.78, 5) is 3.84. The summed E-state index contributed by atoms with van der Waals surface area (Å²) in [6, 6.07) is 1.58. The van der Waals surface area contributed by atoms with Crippen molar-refractivity contribution in [1.29, 1.82) is 0 Å². The molecule has 0 aliphatic rings. The number of ether oxygens (including phenoxy) is 1.